The largest absolute Gasteiger partial charge is 0.336 e. The van der Waals surface area contributed by atoms with Crippen LogP contribution in [0.3, 0.4) is 0 Å². The SMILES string of the molecule is Cn1ccnc1C(NCc1cnn(-c2ccccc2)c1)c1ccccc1. The van der Waals surface area contributed by atoms with Crippen molar-refractivity contribution >= 4 is 0 Å². The zero-order valence-electron chi connectivity index (χ0n) is 14.7. The molecule has 4 rings (SSSR count). The number of imidazole rings is 1. The average Bonchev–Trinajstić information content (AvgIpc) is 3.33. The summed E-state index contributed by atoms with van der Waals surface area (Å²) >= 11 is 0. The summed E-state index contributed by atoms with van der Waals surface area (Å²) in [6, 6.07) is 20.5. The number of hydrogen-bond donors (Lipinski definition) is 1. The molecule has 0 aliphatic heterocycles. The molecule has 1 atom stereocenters. The monoisotopic (exact) mass is 343 g/mol. The third kappa shape index (κ3) is 3.43. The number of nitrogens with one attached hydrogen (secondary N) is 1. The maximum absolute atomic E-state index is 4.54. The van der Waals surface area contributed by atoms with E-state index >= 15 is 0 Å². The van der Waals surface area contributed by atoms with Crippen LogP contribution >= 0.6 is 0 Å². The van der Waals surface area contributed by atoms with E-state index in [4.69, 9.17) is 0 Å². The van der Waals surface area contributed by atoms with Crippen LogP contribution in [0.15, 0.2) is 85.5 Å². The van der Waals surface area contributed by atoms with Gasteiger partial charge < -0.3 is 4.57 Å². The molecule has 130 valence electrons. The standard InChI is InChI=1S/C21H21N5/c1-25-13-12-22-21(25)20(18-8-4-2-5-9-18)23-14-17-15-24-26(16-17)19-10-6-3-7-11-19/h2-13,15-16,20,23H,14H2,1H3. The third-order valence-electron chi connectivity index (χ3n) is 4.42. The average molecular weight is 343 g/mol. The molecule has 0 radical (unpaired) electrons. The highest BCUT2D eigenvalue weighted by Gasteiger charge is 2.17. The van der Waals surface area contributed by atoms with Gasteiger partial charge in [-0.05, 0) is 17.7 Å². The third-order valence-corrected chi connectivity index (χ3v) is 4.42. The van der Waals surface area contributed by atoms with E-state index in [2.05, 4.69) is 50.4 Å². The molecule has 0 saturated heterocycles. The molecule has 26 heavy (non-hydrogen) atoms. The Morgan fingerprint density at radius 3 is 2.42 bits per heavy atom. The van der Waals surface area contributed by atoms with Crippen LogP contribution in [0.1, 0.15) is 23.0 Å². The van der Waals surface area contributed by atoms with Crippen molar-refractivity contribution in [2.45, 2.75) is 12.6 Å². The van der Waals surface area contributed by atoms with E-state index in [9.17, 15) is 0 Å². The number of para-hydroxylation sites is 1. The molecule has 0 fully saturated rings. The van der Waals surface area contributed by atoms with Crippen LogP contribution in [0.25, 0.3) is 5.69 Å². The van der Waals surface area contributed by atoms with Crippen molar-refractivity contribution < 1.29 is 0 Å². The predicted molar refractivity (Wildman–Crippen MR) is 102 cm³/mol. The molecule has 2 aromatic carbocycles. The Labute approximate surface area is 152 Å². The van der Waals surface area contributed by atoms with Gasteiger partial charge in [0.05, 0.1) is 17.9 Å². The number of benzene rings is 2. The van der Waals surface area contributed by atoms with Gasteiger partial charge in [-0.3, -0.25) is 5.32 Å². The second-order valence-electron chi connectivity index (χ2n) is 6.25. The first kappa shape index (κ1) is 16.3. The van der Waals surface area contributed by atoms with E-state index in [0.29, 0.717) is 6.54 Å². The van der Waals surface area contributed by atoms with Crippen molar-refractivity contribution in [3.63, 3.8) is 0 Å². The predicted octanol–water partition coefficient (Wildman–Crippen LogP) is 3.49. The lowest BCUT2D eigenvalue weighted by Crippen LogP contribution is -2.24. The lowest BCUT2D eigenvalue weighted by Gasteiger charge is -2.18. The zero-order chi connectivity index (χ0) is 17.8. The quantitative estimate of drug-likeness (QED) is 0.583. The first-order chi connectivity index (χ1) is 12.8. The Bertz CT molecular complexity index is 956. The summed E-state index contributed by atoms with van der Waals surface area (Å²) < 4.78 is 3.95. The summed E-state index contributed by atoms with van der Waals surface area (Å²) in [5.74, 6) is 0.992. The van der Waals surface area contributed by atoms with Gasteiger partial charge in [-0.1, -0.05) is 48.5 Å². The van der Waals surface area contributed by atoms with Gasteiger partial charge in [0.15, 0.2) is 0 Å². The summed E-state index contributed by atoms with van der Waals surface area (Å²) in [7, 11) is 2.02. The molecule has 0 saturated carbocycles. The Morgan fingerprint density at radius 2 is 1.73 bits per heavy atom. The van der Waals surface area contributed by atoms with Gasteiger partial charge in [-0.15, -0.1) is 0 Å². The molecule has 0 spiro atoms. The molecule has 0 amide bonds. The van der Waals surface area contributed by atoms with Gasteiger partial charge in [0.1, 0.15) is 5.82 Å². The Hall–Kier alpha value is -3.18. The highest BCUT2D eigenvalue weighted by Crippen LogP contribution is 2.21. The van der Waals surface area contributed by atoms with Gasteiger partial charge in [0.2, 0.25) is 0 Å². The van der Waals surface area contributed by atoms with Crippen molar-refractivity contribution in [3.8, 4) is 5.69 Å². The molecule has 0 aliphatic carbocycles. The summed E-state index contributed by atoms with van der Waals surface area (Å²) in [6.07, 6.45) is 7.77. The van der Waals surface area contributed by atoms with Gasteiger partial charge in [-0.2, -0.15) is 5.10 Å². The van der Waals surface area contributed by atoms with Gasteiger partial charge in [-0.25, -0.2) is 9.67 Å². The fourth-order valence-corrected chi connectivity index (χ4v) is 3.05. The minimum Gasteiger partial charge on any atom is -0.336 e. The first-order valence-electron chi connectivity index (χ1n) is 8.66. The first-order valence-corrected chi connectivity index (χ1v) is 8.66. The van der Waals surface area contributed by atoms with E-state index in [0.717, 1.165) is 17.1 Å². The van der Waals surface area contributed by atoms with Gasteiger partial charge >= 0.3 is 0 Å². The maximum atomic E-state index is 4.54. The van der Waals surface area contributed by atoms with E-state index in [1.165, 1.54) is 5.56 Å². The topological polar surface area (TPSA) is 47.7 Å². The van der Waals surface area contributed by atoms with E-state index in [-0.39, 0.29) is 6.04 Å². The Balaban J connectivity index is 1.54. The second kappa shape index (κ2) is 7.37. The minimum absolute atomic E-state index is 0.0243. The van der Waals surface area contributed by atoms with Crippen molar-refractivity contribution in [1.82, 2.24) is 24.6 Å². The van der Waals surface area contributed by atoms with Gasteiger partial charge in [0.25, 0.3) is 0 Å². The molecule has 0 bridgehead atoms. The van der Waals surface area contributed by atoms with Crippen molar-refractivity contribution in [1.29, 1.82) is 0 Å². The number of aryl methyl sites for hydroxylation is 1. The molecule has 2 heterocycles. The van der Waals surface area contributed by atoms with Crippen LogP contribution in [0.4, 0.5) is 0 Å². The highest BCUT2D eigenvalue weighted by molar-refractivity contribution is 5.31. The minimum atomic E-state index is 0.0243. The van der Waals surface area contributed by atoms with E-state index in [1.807, 2.05) is 66.7 Å². The molecular weight excluding hydrogens is 322 g/mol. The van der Waals surface area contributed by atoms with Crippen molar-refractivity contribution in [2.24, 2.45) is 7.05 Å². The summed E-state index contributed by atoms with van der Waals surface area (Å²) in [4.78, 5) is 4.54. The Kier molecular flexibility index (Phi) is 4.62. The molecule has 0 aliphatic rings. The van der Waals surface area contributed by atoms with Crippen LogP contribution in [0, 0.1) is 0 Å². The summed E-state index contributed by atoms with van der Waals surface area (Å²) in [6.45, 7) is 0.708. The smallest absolute Gasteiger partial charge is 0.130 e. The van der Waals surface area contributed by atoms with E-state index in [1.54, 1.807) is 0 Å². The van der Waals surface area contributed by atoms with E-state index < -0.39 is 0 Å². The molecule has 4 aromatic rings. The van der Waals surface area contributed by atoms with Crippen LogP contribution in [0.2, 0.25) is 0 Å². The molecule has 1 N–H and O–H groups in total. The molecule has 2 aromatic heterocycles. The zero-order valence-corrected chi connectivity index (χ0v) is 14.7. The number of nitrogens with zero attached hydrogens (tertiary/aromatic N) is 4. The summed E-state index contributed by atoms with van der Waals surface area (Å²) in [5.41, 5.74) is 3.38. The van der Waals surface area contributed by atoms with Crippen LogP contribution in [-0.2, 0) is 13.6 Å². The fourth-order valence-electron chi connectivity index (χ4n) is 3.05. The molecule has 5 heteroatoms. The van der Waals surface area contributed by atoms with Crippen LogP contribution in [0.5, 0.6) is 0 Å². The number of rotatable bonds is 6. The fraction of sp³-hybridized carbons (Fsp3) is 0.143. The second-order valence-corrected chi connectivity index (χ2v) is 6.25. The van der Waals surface area contributed by atoms with Crippen LogP contribution < -0.4 is 5.32 Å². The van der Waals surface area contributed by atoms with Crippen LogP contribution in [-0.4, -0.2) is 19.3 Å². The normalized spacial score (nSPS) is 12.2. The Morgan fingerprint density at radius 1 is 1.00 bits per heavy atom. The van der Waals surface area contributed by atoms with Crippen molar-refractivity contribution in [2.75, 3.05) is 0 Å². The molecule has 1 unspecified atom stereocenters. The molecule has 5 nitrogen and oxygen atoms in total. The van der Waals surface area contributed by atoms with Gasteiger partial charge in [0, 0.05) is 37.7 Å². The number of hydrogen-bond acceptors (Lipinski definition) is 3. The highest BCUT2D eigenvalue weighted by atomic mass is 15.3. The lowest BCUT2D eigenvalue weighted by molar-refractivity contribution is 0.558. The maximum Gasteiger partial charge on any atom is 0.130 e. The lowest BCUT2D eigenvalue weighted by atomic mass is 10.1. The number of aromatic nitrogens is 4. The van der Waals surface area contributed by atoms with Crippen molar-refractivity contribution in [3.05, 3.63) is 102 Å². The summed E-state index contributed by atoms with van der Waals surface area (Å²) in [5, 5.41) is 8.10. The molecular formula is C21H21N5.